The molecule has 13 heteroatoms. The van der Waals surface area contributed by atoms with Gasteiger partial charge in [-0.1, -0.05) is 35.0 Å². The third kappa shape index (κ3) is 5.86. The van der Waals surface area contributed by atoms with E-state index in [2.05, 4.69) is 10.5 Å². The van der Waals surface area contributed by atoms with Crippen LogP contribution in [0.5, 0.6) is 0 Å². The van der Waals surface area contributed by atoms with Crippen molar-refractivity contribution in [2.45, 2.75) is 25.0 Å². The zero-order valence-electron chi connectivity index (χ0n) is 24.2. The zero-order chi connectivity index (χ0) is 31.8. The summed E-state index contributed by atoms with van der Waals surface area (Å²) in [5.41, 5.74) is 2.78. The Hall–Kier alpha value is -4.81. The van der Waals surface area contributed by atoms with Gasteiger partial charge in [0.15, 0.2) is 5.82 Å². The minimum Gasteiger partial charge on any atom is -0.478 e. The van der Waals surface area contributed by atoms with Crippen molar-refractivity contribution < 1.29 is 33.5 Å². The number of amides is 3. The van der Waals surface area contributed by atoms with E-state index in [1.807, 2.05) is 18.0 Å². The van der Waals surface area contributed by atoms with Crippen molar-refractivity contribution in [3.63, 3.8) is 0 Å². The molecular formula is C32H29ClFN5O6. The fraction of sp³-hybridized carbons (Fsp3) is 0.281. The first-order valence-corrected chi connectivity index (χ1v) is 14.7. The first-order valence-electron chi connectivity index (χ1n) is 14.3. The predicted octanol–water partition coefficient (Wildman–Crippen LogP) is 3.71. The summed E-state index contributed by atoms with van der Waals surface area (Å²) in [5.74, 6) is -2.88. The molecule has 3 aliphatic heterocycles. The number of oxime groups is 1. The number of piperazine rings is 1. The highest BCUT2D eigenvalue weighted by atomic mass is 35.5. The molecule has 2 atom stereocenters. The van der Waals surface area contributed by atoms with Gasteiger partial charge in [-0.2, -0.15) is 0 Å². The Balaban J connectivity index is 1.32. The molecule has 3 aromatic carbocycles. The number of likely N-dealkylation sites (N-methyl/N-ethyl adjacent to an activating group) is 1. The maximum atomic E-state index is 14.7. The SMILES string of the molecule is CN1CCN(c2cccc3c2CCN(C(=O)C2CC(c4cccc(Cl)c4F)=NO2)C3C(=O)Nc2ccc(C(=O)O)cc2)C(=O)C1. The molecule has 45 heavy (non-hydrogen) atoms. The lowest BCUT2D eigenvalue weighted by Crippen LogP contribution is -2.51. The van der Waals surface area contributed by atoms with Gasteiger partial charge in [-0.15, -0.1) is 0 Å². The summed E-state index contributed by atoms with van der Waals surface area (Å²) in [4.78, 5) is 62.8. The Morgan fingerprint density at radius 1 is 1.04 bits per heavy atom. The number of hydrogen-bond donors (Lipinski definition) is 2. The monoisotopic (exact) mass is 633 g/mol. The molecule has 0 aliphatic carbocycles. The molecule has 2 unspecified atom stereocenters. The number of nitrogens with one attached hydrogen (secondary N) is 1. The van der Waals surface area contributed by atoms with E-state index in [1.54, 1.807) is 23.1 Å². The quantitative estimate of drug-likeness (QED) is 0.423. The zero-order valence-corrected chi connectivity index (χ0v) is 25.0. The number of fused-ring (bicyclic) bond motifs is 1. The largest absolute Gasteiger partial charge is 0.478 e. The van der Waals surface area contributed by atoms with E-state index in [1.165, 1.54) is 41.3 Å². The van der Waals surface area contributed by atoms with E-state index in [0.29, 0.717) is 36.4 Å². The van der Waals surface area contributed by atoms with Crippen molar-refractivity contribution >= 4 is 52.4 Å². The van der Waals surface area contributed by atoms with Gasteiger partial charge in [0.1, 0.15) is 6.04 Å². The van der Waals surface area contributed by atoms with Crippen LogP contribution in [0.25, 0.3) is 0 Å². The number of carbonyl (C=O) groups is 4. The van der Waals surface area contributed by atoms with Gasteiger partial charge in [0.05, 0.1) is 22.8 Å². The number of anilines is 2. The second-order valence-electron chi connectivity index (χ2n) is 11.1. The summed E-state index contributed by atoms with van der Waals surface area (Å²) in [6.45, 7) is 1.57. The highest BCUT2D eigenvalue weighted by molar-refractivity contribution is 6.31. The van der Waals surface area contributed by atoms with Crippen molar-refractivity contribution in [1.29, 1.82) is 0 Å². The predicted molar refractivity (Wildman–Crippen MR) is 164 cm³/mol. The number of carboxylic acids is 1. The number of aromatic carboxylic acids is 1. The third-order valence-corrected chi connectivity index (χ3v) is 8.53. The van der Waals surface area contributed by atoms with Gasteiger partial charge in [-0.05, 0) is 67.1 Å². The average molecular weight is 634 g/mol. The number of benzene rings is 3. The lowest BCUT2D eigenvalue weighted by atomic mass is 9.89. The van der Waals surface area contributed by atoms with Gasteiger partial charge < -0.3 is 25.1 Å². The van der Waals surface area contributed by atoms with Gasteiger partial charge in [0.25, 0.3) is 11.8 Å². The maximum absolute atomic E-state index is 14.7. The van der Waals surface area contributed by atoms with Crippen LogP contribution < -0.4 is 10.2 Å². The molecule has 1 saturated heterocycles. The van der Waals surface area contributed by atoms with Crippen molar-refractivity contribution in [1.82, 2.24) is 9.80 Å². The van der Waals surface area contributed by atoms with Crippen LogP contribution in [0.2, 0.25) is 5.02 Å². The summed E-state index contributed by atoms with van der Waals surface area (Å²) >= 11 is 5.94. The van der Waals surface area contributed by atoms with Gasteiger partial charge in [0.2, 0.25) is 12.0 Å². The maximum Gasteiger partial charge on any atom is 0.335 e. The minimum atomic E-state index is -1.11. The van der Waals surface area contributed by atoms with Crippen LogP contribution in [0, 0.1) is 5.82 Å². The molecule has 0 radical (unpaired) electrons. The Kier molecular flexibility index (Phi) is 8.26. The lowest BCUT2D eigenvalue weighted by Gasteiger charge is -2.40. The van der Waals surface area contributed by atoms with E-state index in [9.17, 15) is 28.7 Å². The second kappa shape index (κ2) is 12.3. The molecule has 11 nitrogen and oxygen atoms in total. The van der Waals surface area contributed by atoms with Crippen LogP contribution in [0.15, 0.2) is 65.8 Å². The van der Waals surface area contributed by atoms with Crippen LogP contribution in [0.4, 0.5) is 15.8 Å². The molecule has 3 aliphatic rings. The number of halogens is 2. The highest BCUT2D eigenvalue weighted by Crippen LogP contribution is 2.38. The van der Waals surface area contributed by atoms with Crippen LogP contribution >= 0.6 is 11.6 Å². The van der Waals surface area contributed by atoms with Gasteiger partial charge >= 0.3 is 5.97 Å². The summed E-state index contributed by atoms with van der Waals surface area (Å²) in [5, 5.41) is 15.9. The highest BCUT2D eigenvalue weighted by Gasteiger charge is 2.43. The van der Waals surface area contributed by atoms with E-state index in [4.69, 9.17) is 16.4 Å². The summed E-state index contributed by atoms with van der Waals surface area (Å²) in [7, 11) is 1.88. The van der Waals surface area contributed by atoms with E-state index in [-0.39, 0.29) is 47.3 Å². The van der Waals surface area contributed by atoms with E-state index in [0.717, 1.165) is 5.56 Å². The molecule has 1 fully saturated rings. The van der Waals surface area contributed by atoms with Gasteiger partial charge in [-0.3, -0.25) is 19.3 Å². The Labute approximate surface area is 262 Å². The lowest BCUT2D eigenvalue weighted by molar-refractivity contribution is -0.148. The molecule has 3 amide bonds. The molecule has 6 rings (SSSR count). The van der Waals surface area contributed by atoms with E-state index < -0.39 is 35.7 Å². The second-order valence-corrected chi connectivity index (χ2v) is 11.5. The number of rotatable bonds is 6. The molecule has 0 spiro atoms. The first-order chi connectivity index (χ1) is 21.6. The Morgan fingerprint density at radius 2 is 1.80 bits per heavy atom. The minimum absolute atomic E-state index is 0.0275. The normalized spacial score (nSPS) is 19.9. The van der Waals surface area contributed by atoms with Crippen molar-refractivity contribution in [3.8, 4) is 0 Å². The van der Waals surface area contributed by atoms with Crippen LogP contribution in [-0.2, 0) is 25.6 Å². The van der Waals surface area contributed by atoms with Crippen LogP contribution in [-0.4, -0.2) is 83.6 Å². The summed E-state index contributed by atoms with van der Waals surface area (Å²) < 4.78 is 14.7. The number of carboxylic acid groups (broad SMARTS) is 1. The number of carbonyl (C=O) groups excluding carboxylic acids is 3. The van der Waals surface area contributed by atoms with Crippen molar-refractivity contribution in [2.24, 2.45) is 5.16 Å². The summed E-state index contributed by atoms with van der Waals surface area (Å²) in [6, 6.07) is 14.4. The Bertz CT molecular complexity index is 1730. The molecule has 0 saturated carbocycles. The fourth-order valence-corrected chi connectivity index (χ4v) is 6.13. The topological polar surface area (TPSA) is 132 Å². The standard InChI is InChI=1S/C32H29ClFN5O6/c1-37-14-15-38(27(40)17-37)25-7-3-4-21-20(25)12-13-39(29(21)30(41)35-19-10-8-18(9-11-19)32(43)44)31(42)26-16-24(36-45-26)22-5-2-6-23(33)28(22)34/h2-11,26,29H,12-17H2,1H3,(H,35,41)(H,43,44). The van der Waals surface area contributed by atoms with E-state index >= 15 is 0 Å². The molecule has 0 bridgehead atoms. The molecule has 3 heterocycles. The molecule has 2 N–H and O–H groups in total. The smallest absolute Gasteiger partial charge is 0.335 e. The van der Waals surface area contributed by atoms with Crippen molar-refractivity contribution in [2.75, 3.05) is 43.4 Å². The number of hydrogen-bond acceptors (Lipinski definition) is 7. The molecule has 0 aromatic heterocycles. The fourth-order valence-electron chi connectivity index (χ4n) is 5.96. The van der Waals surface area contributed by atoms with Crippen molar-refractivity contribution in [3.05, 3.63) is 93.8 Å². The molecular weight excluding hydrogens is 605 g/mol. The van der Waals surface area contributed by atoms with Crippen LogP contribution in [0.1, 0.15) is 39.5 Å². The van der Waals surface area contributed by atoms with Gasteiger partial charge in [-0.25, -0.2) is 9.18 Å². The average Bonchev–Trinajstić information content (AvgIpc) is 3.51. The van der Waals surface area contributed by atoms with Gasteiger partial charge in [0, 0.05) is 43.0 Å². The third-order valence-electron chi connectivity index (χ3n) is 8.24. The number of nitrogens with zero attached hydrogens (tertiary/aromatic N) is 4. The van der Waals surface area contributed by atoms with Crippen LogP contribution in [0.3, 0.4) is 0 Å². The first kappa shape index (κ1) is 30.2. The Morgan fingerprint density at radius 3 is 2.53 bits per heavy atom. The summed E-state index contributed by atoms with van der Waals surface area (Å²) in [6.07, 6.45) is -0.759. The molecule has 232 valence electrons. The molecule has 3 aromatic rings.